The maximum atomic E-state index is 13.4. The number of halogens is 3. The summed E-state index contributed by atoms with van der Waals surface area (Å²) >= 11 is 0. The molecule has 0 saturated carbocycles. The molecule has 3 rings (SSSR count). The molecule has 0 aliphatic rings. The van der Waals surface area contributed by atoms with Crippen molar-refractivity contribution in [2.45, 2.75) is 26.6 Å². The molecule has 2 amide bonds. The second-order valence-electron chi connectivity index (χ2n) is 6.22. The van der Waals surface area contributed by atoms with E-state index < -0.39 is 29.3 Å². The number of hydrogen-bond donors (Lipinski definition) is 0. The van der Waals surface area contributed by atoms with Crippen molar-refractivity contribution in [3.8, 4) is 0 Å². The van der Waals surface area contributed by atoms with Gasteiger partial charge in [-0.3, -0.25) is 9.78 Å². The second kappa shape index (κ2) is 8.36. The van der Waals surface area contributed by atoms with E-state index >= 15 is 0 Å². The van der Waals surface area contributed by atoms with Gasteiger partial charge in [0.1, 0.15) is 12.3 Å². The third-order valence-corrected chi connectivity index (χ3v) is 4.03. The van der Waals surface area contributed by atoms with Crippen LogP contribution in [0.15, 0.2) is 53.2 Å². The fraction of sp³-hybridized carbons (Fsp3) is 0.200. The van der Waals surface area contributed by atoms with E-state index in [2.05, 4.69) is 9.97 Å². The van der Waals surface area contributed by atoms with Gasteiger partial charge in [0.15, 0.2) is 5.89 Å². The lowest BCUT2D eigenvalue weighted by Crippen LogP contribution is -2.38. The maximum absolute atomic E-state index is 13.4. The van der Waals surface area contributed by atoms with Gasteiger partial charge in [0, 0.05) is 19.3 Å². The number of rotatable bonds is 4. The lowest BCUT2D eigenvalue weighted by atomic mass is 10.1. The number of carbonyl (C=O) groups excluding carboxylic acids is 2. The van der Waals surface area contributed by atoms with Gasteiger partial charge in [0.05, 0.1) is 11.1 Å². The Balaban J connectivity index is 1.99. The van der Waals surface area contributed by atoms with Crippen molar-refractivity contribution in [1.29, 1.82) is 0 Å². The zero-order valence-electron chi connectivity index (χ0n) is 15.9. The third kappa shape index (κ3) is 4.48. The fourth-order valence-electron chi connectivity index (χ4n) is 2.70. The minimum atomic E-state index is -4.83. The number of anilines is 1. The Bertz CT molecular complexity index is 1060. The summed E-state index contributed by atoms with van der Waals surface area (Å²) in [6.45, 7) is 2.72. The molecule has 0 bridgehead atoms. The van der Waals surface area contributed by atoms with Crippen LogP contribution in [0.25, 0.3) is 0 Å². The van der Waals surface area contributed by atoms with Crippen LogP contribution in [0.3, 0.4) is 0 Å². The van der Waals surface area contributed by atoms with E-state index in [0.717, 1.165) is 12.4 Å². The van der Waals surface area contributed by atoms with Crippen LogP contribution < -0.4 is 4.90 Å². The number of aryl methyl sites for hydroxylation is 2. The molecule has 10 heteroatoms. The lowest BCUT2D eigenvalue weighted by Gasteiger charge is -2.20. The van der Waals surface area contributed by atoms with E-state index in [1.165, 1.54) is 13.8 Å². The molecule has 0 saturated heterocycles. The molecule has 2 heterocycles. The van der Waals surface area contributed by atoms with E-state index in [1.54, 1.807) is 30.3 Å². The van der Waals surface area contributed by atoms with E-state index in [9.17, 15) is 22.8 Å². The first-order chi connectivity index (χ1) is 14.2. The Morgan fingerprint density at radius 3 is 2.43 bits per heavy atom. The molecule has 7 nitrogen and oxygen atoms in total. The molecule has 0 aliphatic heterocycles. The minimum Gasteiger partial charge on any atom is -0.444 e. The number of benzene rings is 1. The monoisotopic (exact) mass is 419 g/mol. The van der Waals surface area contributed by atoms with Crippen molar-refractivity contribution >= 4 is 17.9 Å². The van der Waals surface area contributed by atoms with Crippen LogP contribution in [-0.2, 0) is 17.5 Å². The van der Waals surface area contributed by atoms with E-state index in [-0.39, 0.29) is 24.1 Å². The Hall–Kier alpha value is -3.69. The smallest absolute Gasteiger partial charge is 0.424 e. The maximum Gasteiger partial charge on any atom is 0.424 e. The highest BCUT2D eigenvalue weighted by Gasteiger charge is 2.39. The number of oxazole rings is 1. The highest BCUT2D eigenvalue weighted by atomic mass is 19.4. The van der Waals surface area contributed by atoms with Crippen LogP contribution in [-0.4, -0.2) is 22.0 Å². The molecule has 156 valence electrons. The molecule has 1 aromatic carbocycles. The summed E-state index contributed by atoms with van der Waals surface area (Å²) in [5, 5.41) is 0. The van der Waals surface area contributed by atoms with Gasteiger partial charge in [0.2, 0.25) is 5.88 Å². The zero-order valence-corrected chi connectivity index (χ0v) is 15.9. The number of carbonyl (C=O) groups is 2. The summed E-state index contributed by atoms with van der Waals surface area (Å²) in [6.07, 6.45) is -4.40. The lowest BCUT2D eigenvalue weighted by molar-refractivity contribution is -0.138. The number of ether oxygens (including phenoxy) is 1. The fourth-order valence-corrected chi connectivity index (χ4v) is 2.70. The topological polar surface area (TPSA) is 85.5 Å². The van der Waals surface area contributed by atoms with E-state index in [0.29, 0.717) is 16.5 Å². The molecular formula is C20H16F3N3O4. The Morgan fingerprint density at radius 2 is 1.83 bits per heavy atom. The van der Waals surface area contributed by atoms with Gasteiger partial charge in [-0.1, -0.05) is 30.3 Å². The molecule has 0 atom stereocenters. The van der Waals surface area contributed by atoms with Crippen molar-refractivity contribution in [1.82, 2.24) is 9.97 Å². The highest BCUT2D eigenvalue weighted by Crippen LogP contribution is 2.33. The van der Waals surface area contributed by atoms with Crippen LogP contribution >= 0.6 is 0 Å². The van der Waals surface area contributed by atoms with Gasteiger partial charge in [-0.15, -0.1) is 0 Å². The van der Waals surface area contributed by atoms with Crippen molar-refractivity contribution in [2.24, 2.45) is 0 Å². The number of amides is 2. The number of alkyl halides is 3. The summed E-state index contributed by atoms with van der Waals surface area (Å²) in [7, 11) is 0. The van der Waals surface area contributed by atoms with Crippen molar-refractivity contribution < 1.29 is 31.9 Å². The number of aromatic nitrogens is 2. The number of hydrogen-bond acceptors (Lipinski definition) is 6. The predicted octanol–water partition coefficient (Wildman–Crippen LogP) is 4.69. The molecule has 3 aromatic rings. The molecule has 0 spiro atoms. The molecule has 0 N–H and O–H groups in total. The summed E-state index contributed by atoms with van der Waals surface area (Å²) in [6, 6.07) is 9.24. The van der Waals surface area contributed by atoms with E-state index in [4.69, 9.17) is 9.15 Å². The van der Waals surface area contributed by atoms with Crippen molar-refractivity contribution in [2.75, 3.05) is 4.90 Å². The molecule has 0 aliphatic carbocycles. The Morgan fingerprint density at radius 1 is 1.13 bits per heavy atom. The number of pyridine rings is 1. The van der Waals surface area contributed by atoms with Crippen molar-refractivity contribution in [3.05, 3.63) is 77.1 Å². The number of nitrogens with zero attached hydrogens (tertiary/aromatic N) is 3. The van der Waals surface area contributed by atoms with Gasteiger partial charge >= 0.3 is 12.3 Å². The largest absolute Gasteiger partial charge is 0.444 e. The van der Waals surface area contributed by atoms with E-state index in [1.807, 2.05) is 0 Å². The van der Waals surface area contributed by atoms with Gasteiger partial charge in [-0.25, -0.2) is 9.78 Å². The Kier molecular flexibility index (Phi) is 5.86. The highest BCUT2D eigenvalue weighted by molar-refractivity contribution is 6.19. The van der Waals surface area contributed by atoms with Gasteiger partial charge in [-0.05, 0) is 18.6 Å². The number of imide groups is 1. The summed E-state index contributed by atoms with van der Waals surface area (Å²) in [5.74, 6) is -1.50. The van der Waals surface area contributed by atoms with Crippen LogP contribution in [0.1, 0.15) is 33.1 Å². The average Bonchev–Trinajstić information content (AvgIpc) is 3.04. The minimum absolute atomic E-state index is 0.124. The van der Waals surface area contributed by atoms with Crippen LogP contribution in [0.2, 0.25) is 0 Å². The molecule has 30 heavy (non-hydrogen) atoms. The SMILES string of the molecule is Cc1nc(C)c(N(C(=O)OCc2ccccc2)C(=O)c2cnccc2C(F)(F)F)o1. The average molecular weight is 419 g/mol. The molecule has 0 unspecified atom stereocenters. The first kappa shape index (κ1) is 21.0. The van der Waals surface area contributed by atoms with Gasteiger partial charge in [0.25, 0.3) is 5.91 Å². The molecule has 2 aromatic heterocycles. The molecule has 0 radical (unpaired) electrons. The normalized spacial score (nSPS) is 11.2. The zero-order chi connectivity index (χ0) is 21.9. The van der Waals surface area contributed by atoms with Gasteiger partial charge < -0.3 is 9.15 Å². The first-order valence-electron chi connectivity index (χ1n) is 8.69. The summed E-state index contributed by atoms with van der Waals surface area (Å²) in [4.78, 5) is 33.7. The quantitative estimate of drug-likeness (QED) is 0.610. The van der Waals surface area contributed by atoms with Gasteiger partial charge in [-0.2, -0.15) is 18.1 Å². The third-order valence-electron chi connectivity index (χ3n) is 4.03. The standard InChI is InChI=1S/C20H16F3N3O4/c1-12-18(30-13(2)25-12)26(19(28)29-11-14-6-4-3-5-7-14)17(27)15-10-24-9-8-16(15)20(21,22)23/h3-10H,11H2,1-2H3. The van der Waals surface area contributed by atoms with Crippen molar-refractivity contribution in [3.63, 3.8) is 0 Å². The predicted molar refractivity (Wildman–Crippen MR) is 98.7 cm³/mol. The van der Waals surface area contributed by atoms with Crippen LogP contribution in [0.5, 0.6) is 0 Å². The summed E-state index contributed by atoms with van der Waals surface area (Å²) in [5.41, 5.74) is -1.30. The summed E-state index contributed by atoms with van der Waals surface area (Å²) < 4.78 is 50.6. The first-order valence-corrected chi connectivity index (χ1v) is 8.69. The van der Waals surface area contributed by atoms with Crippen LogP contribution in [0, 0.1) is 13.8 Å². The molecule has 0 fully saturated rings. The molecular weight excluding hydrogens is 403 g/mol. The van der Waals surface area contributed by atoms with Crippen LogP contribution in [0.4, 0.5) is 23.8 Å². The Labute approximate surface area is 169 Å². The second-order valence-corrected chi connectivity index (χ2v) is 6.22.